The molecule has 0 aromatic carbocycles. The molecule has 0 unspecified atom stereocenters. The third-order valence-electron chi connectivity index (χ3n) is 1.86. The van der Waals surface area contributed by atoms with Crippen LogP contribution in [0.4, 0.5) is 5.69 Å². The Labute approximate surface area is 93.5 Å². The summed E-state index contributed by atoms with van der Waals surface area (Å²) < 4.78 is 0. The minimum Gasteiger partial charge on any atom is -0.478 e. The van der Waals surface area contributed by atoms with Crippen LogP contribution in [0.3, 0.4) is 0 Å². The first kappa shape index (κ1) is 12.2. The highest BCUT2D eigenvalue weighted by Crippen LogP contribution is 2.10. The fourth-order valence-corrected chi connectivity index (χ4v) is 1.21. The molecule has 1 amide bonds. The van der Waals surface area contributed by atoms with Crippen LogP contribution >= 0.6 is 0 Å². The van der Waals surface area contributed by atoms with E-state index in [1.165, 1.54) is 18.5 Å². The summed E-state index contributed by atoms with van der Waals surface area (Å²) in [6.07, 6.45) is 3.06. The van der Waals surface area contributed by atoms with Crippen molar-refractivity contribution in [1.29, 1.82) is 0 Å². The van der Waals surface area contributed by atoms with E-state index in [9.17, 15) is 9.59 Å². The van der Waals surface area contributed by atoms with Gasteiger partial charge in [-0.05, 0) is 12.0 Å². The first-order chi connectivity index (χ1) is 7.49. The second-order valence-corrected chi connectivity index (χ2v) is 3.91. The number of aromatic nitrogens is 1. The Kier molecular flexibility index (Phi) is 3.99. The standard InChI is InChI=1S/C11H14N2O3/c1-7(2)3-10(14)13-9-4-8(11(15)16)5-12-6-9/h4-7H,3H2,1-2H3,(H,13,14)(H,15,16). The first-order valence-corrected chi connectivity index (χ1v) is 4.97. The van der Waals surface area contributed by atoms with Gasteiger partial charge in [0.05, 0.1) is 17.4 Å². The molecule has 0 saturated heterocycles. The quantitative estimate of drug-likeness (QED) is 0.813. The van der Waals surface area contributed by atoms with Crippen LogP contribution in [0.15, 0.2) is 18.5 Å². The van der Waals surface area contributed by atoms with Crippen LogP contribution < -0.4 is 5.32 Å². The third-order valence-corrected chi connectivity index (χ3v) is 1.86. The van der Waals surface area contributed by atoms with E-state index >= 15 is 0 Å². The van der Waals surface area contributed by atoms with E-state index in [2.05, 4.69) is 10.3 Å². The summed E-state index contributed by atoms with van der Waals surface area (Å²) in [5, 5.41) is 11.3. The number of carbonyl (C=O) groups is 2. The Morgan fingerprint density at radius 1 is 1.44 bits per heavy atom. The van der Waals surface area contributed by atoms with E-state index in [1.807, 2.05) is 13.8 Å². The van der Waals surface area contributed by atoms with Crippen molar-refractivity contribution in [3.05, 3.63) is 24.0 Å². The average Bonchev–Trinajstić information content (AvgIpc) is 2.16. The van der Waals surface area contributed by atoms with Crippen molar-refractivity contribution in [1.82, 2.24) is 4.98 Å². The van der Waals surface area contributed by atoms with Crippen LogP contribution in [0.5, 0.6) is 0 Å². The molecule has 0 bridgehead atoms. The molecule has 0 atom stereocenters. The number of carboxylic acid groups (broad SMARTS) is 1. The minimum absolute atomic E-state index is 0.0577. The Morgan fingerprint density at radius 3 is 2.69 bits per heavy atom. The molecule has 0 radical (unpaired) electrons. The molecule has 0 aliphatic rings. The maximum Gasteiger partial charge on any atom is 0.337 e. The van der Waals surface area contributed by atoms with Crippen LogP contribution in [-0.4, -0.2) is 22.0 Å². The summed E-state index contributed by atoms with van der Waals surface area (Å²) in [6.45, 7) is 3.87. The van der Waals surface area contributed by atoms with Gasteiger partial charge in [-0.2, -0.15) is 0 Å². The second kappa shape index (κ2) is 5.25. The van der Waals surface area contributed by atoms with Gasteiger partial charge in [-0.25, -0.2) is 4.79 Å². The van der Waals surface area contributed by atoms with Gasteiger partial charge >= 0.3 is 5.97 Å². The summed E-state index contributed by atoms with van der Waals surface area (Å²) in [5.74, 6) is -0.942. The molecule has 0 aliphatic heterocycles. The van der Waals surface area contributed by atoms with Gasteiger partial charge in [0.1, 0.15) is 0 Å². The highest BCUT2D eigenvalue weighted by Gasteiger charge is 2.08. The van der Waals surface area contributed by atoms with Crippen molar-refractivity contribution in [2.75, 3.05) is 5.32 Å². The lowest BCUT2D eigenvalue weighted by atomic mass is 10.1. The monoisotopic (exact) mass is 222 g/mol. The Morgan fingerprint density at radius 2 is 2.12 bits per heavy atom. The molecular weight excluding hydrogens is 208 g/mol. The summed E-state index contributed by atoms with van der Waals surface area (Å²) in [4.78, 5) is 25.8. The number of rotatable bonds is 4. The van der Waals surface area contributed by atoms with E-state index < -0.39 is 5.97 Å². The molecule has 0 spiro atoms. The fourth-order valence-electron chi connectivity index (χ4n) is 1.21. The molecule has 86 valence electrons. The highest BCUT2D eigenvalue weighted by molar-refractivity contribution is 5.93. The molecule has 0 fully saturated rings. The lowest BCUT2D eigenvalue weighted by molar-refractivity contribution is -0.116. The van der Waals surface area contributed by atoms with Crippen LogP contribution in [0, 0.1) is 5.92 Å². The Bertz CT molecular complexity index is 402. The van der Waals surface area contributed by atoms with Gasteiger partial charge in [0.15, 0.2) is 0 Å². The largest absolute Gasteiger partial charge is 0.478 e. The molecule has 0 saturated carbocycles. The zero-order chi connectivity index (χ0) is 12.1. The molecule has 1 heterocycles. The van der Waals surface area contributed by atoms with Gasteiger partial charge in [0, 0.05) is 12.6 Å². The summed E-state index contributed by atoms with van der Waals surface area (Å²) in [7, 11) is 0. The molecule has 1 rings (SSSR count). The van der Waals surface area contributed by atoms with Crippen molar-refractivity contribution in [3.63, 3.8) is 0 Å². The lowest BCUT2D eigenvalue weighted by Crippen LogP contribution is -2.14. The van der Waals surface area contributed by atoms with Crippen molar-refractivity contribution in [2.24, 2.45) is 5.92 Å². The SMILES string of the molecule is CC(C)CC(=O)Nc1cncc(C(=O)O)c1. The smallest absolute Gasteiger partial charge is 0.337 e. The third kappa shape index (κ3) is 3.68. The molecule has 1 aromatic rings. The first-order valence-electron chi connectivity index (χ1n) is 4.97. The summed E-state index contributed by atoms with van der Waals surface area (Å²) >= 11 is 0. The molecule has 2 N–H and O–H groups in total. The fraction of sp³-hybridized carbons (Fsp3) is 0.364. The summed E-state index contributed by atoms with van der Waals surface area (Å²) in [6, 6.07) is 1.38. The topological polar surface area (TPSA) is 79.3 Å². The number of aromatic carboxylic acids is 1. The van der Waals surface area contributed by atoms with Crippen LogP contribution in [0.1, 0.15) is 30.6 Å². The molecule has 0 aliphatic carbocycles. The second-order valence-electron chi connectivity index (χ2n) is 3.91. The van der Waals surface area contributed by atoms with Gasteiger partial charge in [-0.1, -0.05) is 13.8 Å². The summed E-state index contributed by atoms with van der Waals surface area (Å²) in [5.41, 5.74) is 0.466. The number of hydrogen-bond acceptors (Lipinski definition) is 3. The number of carbonyl (C=O) groups excluding carboxylic acids is 1. The van der Waals surface area contributed by atoms with E-state index in [4.69, 9.17) is 5.11 Å². The van der Waals surface area contributed by atoms with Gasteiger partial charge < -0.3 is 10.4 Å². The molecule has 16 heavy (non-hydrogen) atoms. The van der Waals surface area contributed by atoms with Gasteiger partial charge in [0.2, 0.25) is 5.91 Å². The minimum atomic E-state index is -1.06. The van der Waals surface area contributed by atoms with Crippen molar-refractivity contribution < 1.29 is 14.7 Å². The normalized spacial score (nSPS) is 10.2. The van der Waals surface area contributed by atoms with Gasteiger partial charge in [0.25, 0.3) is 0 Å². The van der Waals surface area contributed by atoms with E-state index in [0.29, 0.717) is 12.1 Å². The average molecular weight is 222 g/mol. The maximum absolute atomic E-state index is 11.4. The Balaban J connectivity index is 2.70. The number of nitrogens with zero attached hydrogens (tertiary/aromatic N) is 1. The van der Waals surface area contributed by atoms with Gasteiger partial charge in [-0.3, -0.25) is 9.78 Å². The molecular formula is C11H14N2O3. The predicted octanol–water partition coefficient (Wildman–Crippen LogP) is 1.76. The zero-order valence-corrected chi connectivity index (χ0v) is 9.23. The zero-order valence-electron chi connectivity index (χ0n) is 9.23. The number of amides is 1. The van der Waals surface area contributed by atoms with Gasteiger partial charge in [-0.15, -0.1) is 0 Å². The van der Waals surface area contributed by atoms with Crippen molar-refractivity contribution in [2.45, 2.75) is 20.3 Å². The number of nitrogens with one attached hydrogen (secondary N) is 1. The lowest BCUT2D eigenvalue weighted by Gasteiger charge is -2.06. The van der Waals surface area contributed by atoms with Crippen molar-refractivity contribution in [3.8, 4) is 0 Å². The highest BCUT2D eigenvalue weighted by atomic mass is 16.4. The number of anilines is 1. The Hall–Kier alpha value is -1.91. The molecule has 5 nitrogen and oxygen atoms in total. The van der Waals surface area contributed by atoms with E-state index in [0.717, 1.165) is 0 Å². The van der Waals surface area contributed by atoms with Crippen LogP contribution in [0.25, 0.3) is 0 Å². The van der Waals surface area contributed by atoms with Crippen LogP contribution in [0.2, 0.25) is 0 Å². The number of carboxylic acids is 1. The van der Waals surface area contributed by atoms with E-state index in [-0.39, 0.29) is 17.4 Å². The molecule has 5 heteroatoms. The van der Waals surface area contributed by atoms with Crippen LogP contribution in [-0.2, 0) is 4.79 Å². The predicted molar refractivity (Wildman–Crippen MR) is 59.3 cm³/mol. The van der Waals surface area contributed by atoms with E-state index in [1.54, 1.807) is 0 Å². The van der Waals surface area contributed by atoms with Crippen molar-refractivity contribution >= 4 is 17.6 Å². The number of pyridine rings is 1. The maximum atomic E-state index is 11.4. The number of hydrogen-bond donors (Lipinski definition) is 2. The molecule has 1 aromatic heterocycles.